The van der Waals surface area contributed by atoms with E-state index in [2.05, 4.69) is 0 Å². The lowest BCUT2D eigenvalue weighted by Gasteiger charge is -2.07. The number of rotatable bonds is 2. The van der Waals surface area contributed by atoms with E-state index in [4.69, 9.17) is 16.1 Å². The van der Waals surface area contributed by atoms with Gasteiger partial charge in [-0.05, 0) is 17.7 Å². The standard InChI is InChI=1S/C9H9FN2O/c10-7-5-6(1-2-9(7)13)8(12)3-4-11/h1-2,5,8,13H,3,12H2. The third kappa shape index (κ3) is 2.17. The van der Waals surface area contributed by atoms with Gasteiger partial charge in [0.15, 0.2) is 11.6 Å². The highest BCUT2D eigenvalue weighted by Gasteiger charge is 2.08. The van der Waals surface area contributed by atoms with Gasteiger partial charge in [-0.1, -0.05) is 6.07 Å². The van der Waals surface area contributed by atoms with Crippen molar-refractivity contribution >= 4 is 0 Å². The summed E-state index contributed by atoms with van der Waals surface area (Å²) in [4.78, 5) is 0. The van der Waals surface area contributed by atoms with E-state index in [0.717, 1.165) is 6.07 Å². The Balaban J connectivity index is 2.91. The van der Waals surface area contributed by atoms with Crippen molar-refractivity contribution in [3.63, 3.8) is 0 Å². The largest absolute Gasteiger partial charge is 0.505 e. The van der Waals surface area contributed by atoms with Crippen molar-refractivity contribution in [3.05, 3.63) is 29.6 Å². The lowest BCUT2D eigenvalue weighted by molar-refractivity contribution is 0.431. The number of nitrogens with two attached hydrogens (primary N) is 1. The number of hydrogen-bond donors (Lipinski definition) is 2. The van der Waals surface area contributed by atoms with Gasteiger partial charge < -0.3 is 10.8 Å². The normalized spacial score (nSPS) is 12.1. The van der Waals surface area contributed by atoms with E-state index in [0.29, 0.717) is 5.56 Å². The van der Waals surface area contributed by atoms with E-state index < -0.39 is 17.6 Å². The molecule has 0 amide bonds. The molecule has 1 atom stereocenters. The van der Waals surface area contributed by atoms with Gasteiger partial charge in [-0.15, -0.1) is 0 Å². The van der Waals surface area contributed by atoms with Crippen molar-refractivity contribution < 1.29 is 9.50 Å². The molecule has 0 aliphatic heterocycles. The minimum atomic E-state index is -0.717. The second-order valence-electron chi connectivity index (χ2n) is 2.68. The number of nitrogens with zero attached hydrogens (tertiary/aromatic N) is 1. The molecule has 1 aromatic carbocycles. The lowest BCUT2D eigenvalue weighted by atomic mass is 10.1. The van der Waals surface area contributed by atoms with Gasteiger partial charge in [0.25, 0.3) is 0 Å². The van der Waals surface area contributed by atoms with Crippen molar-refractivity contribution in [2.24, 2.45) is 5.73 Å². The first-order valence-electron chi connectivity index (χ1n) is 3.76. The maximum absolute atomic E-state index is 12.8. The molecule has 0 spiro atoms. The predicted octanol–water partition coefficient (Wildman–Crippen LogP) is 1.44. The molecule has 0 fully saturated rings. The van der Waals surface area contributed by atoms with E-state index in [1.165, 1.54) is 12.1 Å². The van der Waals surface area contributed by atoms with Gasteiger partial charge in [0.2, 0.25) is 0 Å². The number of phenols is 1. The van der Waals surface area contributed by atoms with Crippen molar-refractivity contribution in [1.29, 1.82) is 5.26 Å². The first-order valence-corrected chi connectivity index (χ1v) is 3.76. The molecule has 0 bridgehead atoms. The molecule has 0 radical (unpaired) electrons. The summed E-state index contributed by atoms with van der Waals surface area (Å²) >= 11 is 0. The van der Waals surface area contributed by atoms with Gasteiger partial charge in [-0.25, -0.2) is 4.39 Å². The Morgan fingerprint density at radius 1 is 1.62 bits per heavy atom. The summed E-state index contributed by atoms with van der Waals surface area (Å²) in [5.41, 5.74) is 6.06. The van der Waals surface area contributed by atoms with Gasteiger partial charge in [-0.2, -0.15) is 5.26 Å². The van der Waals surface area contributed by atoms with E-state index in [9.17, 15) is 4.39 Å². The molecule has 3 nitrogen and oxygen atoms in total. The summed E-state index contributed by atoms with van der Waals surface area (Å²) in [7, 11) is 0. The van der Waals surface area contributed by atoms with Crippen LogP contribution in [0.4, 0.5) is 4.39 Å². The molecule has 0 aromatic heterocycles. The van der Waals surface area contributed by atoms with E-state index >= 15 is 0 Å². The summed E-state index contributed by atoms with van der Waals surface area (Å²) in [6.45, 7) is 0. The van der Waals surface area contributed by atoms with Gasteiger partial charge >= 0.3 is 0 Å². The lowest BCUT2D eigenvalue weighted by Crippen LogP contribution is -2.09. The molecule has 1 aromatic rings. The molecular formula is C9H9FN2O. The van der Waals surface area contributed by atoms with E-state index in [1.807, 2.05) is 6.07 Å². The zero-order valence-electron chi connectivity index (χ0n) is 6.87. The van der Waals surface area contributed by atoms with Gasteiger partial charge in [-0.3, -0.25) is 0 Å². The zero-order chi connectivity index (χ0) is 9.84. The third-order valence-electron chi connectivity index (χ3n) is 1.71. The average Bonchev–Trinajstić information content (AvgIpc) is 2.10. The highest BCUT2D eigenvalue weighted by atomic mass is 19.1. The summed E-state index contributed by atoms with van der Waals surface area (Å²) in [5.74, 6) is -1.13. The molecule has 68 valence electrons. The van der Waals surface area contributed by atoms with Crippen molar-refractivity contribution in [2.45, 2.75) is 12.5 Å². The highest BCUT2D eigenvalue weighted by Crippen LogP contribution is 2.20. The van der Waals surface area contributed by atoms with Crippen LogP contribution < -0.4 is 5.73 Å². The maximum atomic E-state index is 12.8. The van der Waals surface area contributed by atoms with Crippen LogP contribution in [0.25, 0.3) is 0 Å². The molecule has 1 unspecified atom stereocenters. The molecule has 4 heteroatoms. The molecule has 0 saturated heterocycles. The Labute approximate surface area is 75.2 Å². The first-order chi connectivity index (χ1) is 6.15. The Kier molecular flexibility index (Phi) is 2.83. The Morgan fingerprint density at radius 3 is 2.85 bits per heavy atom. The van der Waals surface area contributed by atoms with Crippen LogP contribution in [0.2, 0.25) is 0 Å². The molecule has 0 heterocycles. The fourth-order valence-electron chi connectivity index (χ4n) is 0.970. The number of benzene rings is 1. The number of halogens is 1. The Hall–Kier alpha value is -1.60. The predicted molar refractivity (Wildman–Crippen MR) is 45.2 cm³/mol. The van der Waals surface area contributed by atoms with E-state index in [-0.39, 0.29) is 6.42 Å². The fourth-order valence-corrected chi connectivity index (χ4v) is 0.970. The minimum absolute atomic E-state index is 0.129. The number of hydrogen-bond acceptors (Lipinski definition) is 3. The van der Waals surface area contributed by atoms with Crippen LogP contribution in [0.1, 0.15) is 18.0 Å². The average molecular weight is 180 g/mol. The van der Waals surface area contributed by atoms with E-state index in [1.54, 1.807) is 0 Å². The SMILES string of the molecule is N#CCC(N)c1ccc(O)c(F)c1. The topological polar surface area (TPSA) is 70.0 Å². The van der Waals surface area contributed by atoms with Crippen LogP contribution in [0, 0.1) is 17.1 Å². The molecule has 3 N–H and O–H groups in total. The molecule has 13 heavy (non-hydrogen) atoms. The summed E-state index contributed by atoms with van der Waals surface area (Å²) in [5, 5.41) is 17.2. The smallest absolute Gasteiger partial charge is 0.165 e. The monoisotopic (exact) mass is 180 g/mol. The Bertz CT molecular complexity index is 346. The van der Waals surface area contributed by atoms with Gasteiger partial charge in [0.1, 0.15) is 0 Å². The van der Waals surface area contributed by atoms with Crippen LogP contribution in [0.5, 0.6) is 5.75 Å². The van der Waals surface area contributed by atoms with Crippen LogP contribution in [-0.2, 0) is 0 Å². The quantitative estimate of drug-likeness (QED) is 0.723. The van der Waals surface area contributed by atoms with Gasteiger partial charge in [0, 0.05) is 6.04 Å². The number of aromatic hydroxyl groups is 1. The second kappa shape index (κ2) is 3.87. The summed E-state index contributed by atoms with van der Waals surface area (Å²) in [6, 6.07) is 5.25. The number of nitriles is 1. The van der Waals surface area contributed by atoms with Crippen LogP contribution in [0.3, 0.4) is 0 Å². The van der Waals surface area contributed by atoms with Crippen LogP contribution >= 0.6 is 0 Å². The van der Waals surface area contributed by atoms with Crippen LogP contribution in [0.15, 0.2) is 18.2 Å². The zero-order valence-corrected chi connectivity index (χ0v) is 6.87. The maximum Gasteiger partial charge on any atom is 0.165 e. The first kappa shape index (κ1) is 9.49. The van der Waals surface area contributed by atoms with Crippen molar-refractivity contribution in [3.8, 4) is 11.8 Å². The van der Waals surface area contributed by atoms with Gasteiger partial charge in [0.05, 0.1) is 12.5 Å². The summed E-state index contributed by atoms with van der Waals surface area (Å²) < 4.78 is 12.8. The molecular weight excluding hydrogens is 171 g/mol. The molecule has 1 rings (SSSR count). The number of phenolic OH excluding ortho intramolecular Hbond substituents is 1. The minimum Gasteiger partial charge on any atom is -0.505 e. The van der Waals surface area contributed by atoms with Crippen molar-refractivity contribution in [2.75, 3.05) is 0 Å². The van der Waals surface area contributed by atoms with Crippen LogP contribution in [-0.4, -0.2) is 5.11 Å². The second-order valence-corrected chi connectivity index (χ2v) is 2.68. The summed E-state index contributed by atoms with van der Waals surface area (Å²) in [6.07, 6.45) is 0.129. The molecule has 0 aliphatic rings. The van der Waals surface area contributed by atoms with Crippen molar-refractivity contribution in [1.82, 2.24) is 0 Å². The fraction of sp³-hybridized carbons (Fsp3) is 0.222. The Morgan fingerprint density at radius 2 is 2.31 bits per heavy atom. The molecule has 0 aliphatic carbocycles. The molecule has 0 saturated carbocycles. The third-order valence-corrected chi connectivity index (χ3v) is 1.71. The highest BCUT2D eigenvalue weighted by molar-refractivity contribution is 5.30.